The molecule has 102 heavy (non-hydrogen) atoms. The van der Waals surface area contributed by atoms with Gasteiger partial charge >= 0.3 is 7.12 Å². The Balaban J connectivity index is 0.000000135. The number of halogens is 1. The van der Waals surface area contributed by atoms with Gasteiger partial charge in [0.05, 0.1) is 21.9 Å². The van der Waals surface area contributed by atoms with Crippen molar-refractivity contribution in [1.82, 2.24) is 0 Å². The predicted octanol–water partition coefficient (Wildman–Crippen LogP) is 25.9. The first-order chi connectivity index (χ1) is 57.0. The van der Waals surface area contributed by atoms with Crippen molar-refractivity contribution in [2.45, 2.75) is 0 Å². The maximum atomic E-state index is 9.43. The topological polar surface area (TPSA) is 66.7 Å². The highest BCUT2D eigenvalue weighted by Crippen LogP contribution is 2.49. The van der Waals surface area contributed by atoms with Gasteiger partial charge in [-0.2, -0.15) is 0 Å². The fourth-order valence-corrected chi connectivity index (χ4v) is 15.0. The van der Waals surface area contributed by atoms with Crippen molar-refractivity contribution in [2.75, 3.05) is 0 Å². The van der Waals surface area contributed by atoms with E-state index >= 15 is 0 Å². The molecule has 0 saturated carbocycles. The number of rotatable bonds is 8. The van der Waals surface area contributed by atoms with E-state index in [4.69, 9.17) is 25.3 Å². The van der Waals surface area contributed by atoms with E-state index in [1.807, 2.05) is 243 Å². The zero-order valence-corrected chi connectivity index (χ0v) is 55.7. The number of benzene rings is 18. The van der Waals surface area contributed by atoms with Gasteiger partial charge in [-0.05, 0) is 165 Å². The molecule has 18 aromatic carbocycles. The Hall–Kier alpha value is -12.4. The summed E-state index contributed by atoms with van der Waals surface area (Å²) in [5.41, 5.74) is 14.1. The predicted molar refractivity (Wildman–Crippen MR) is 434 cm³/mol. The van der Waals surface area contributed by atoms with Gasteiger partial charge in [0.25, 0.3) is 0 Å². The van der Waals surface area contributed by atoms with Crippen LogP contribution < -0.4 is 5.46 Å². The Labute approximate surface area is 620 Å². The van der Waals surface area contributed by atoms with E-state index < -0.39 is 55.5 Å². The van der Waals surface area contributed by atoms with Crippen LogP contribution in [0, 0.1) is 0 Å². The molecule has 0 aliphatic heterocycles. The lowest BCUT2D eigenvalue weighted by atomic mass is 9.80. The van der Waals surface area contributed by atoms with Crippen LogP contribution in [0.4, 0.5) is 0 Å². The highest BCUT2D eigenvalue weighted by Gasteiger charge is 2.22. The van der Waals surface area contributed by atoms with Gasteiger partial charge in [-0.3, -0.25) is 0 Å². The van der Waals surface area contributed by atoms with Crippen LogP contribution in [0.5, 0.6) is 0 Å². The van der Waals surface area contributed by atoms with Crippen molar-refractivity contribution >= 4 is 137 Å². The van der Waals surface area contributed by atoms with Crippen LogP contribution in [-0.4, -0.2) is 17.2 Å². The molecule has 20 rings (SSSR count). The Morgan fingerprint density at radius 3 is 0.931 bits per heavy atom. The first-order valence-electron chi connectivity index (χ1n) is 41.1. The van der Waals surface area contributed by atoms with Crippen LogP contribution >= 0.6 is 15.9 Å². The van der Waals surface area contributed by atoms with Crippen LogP contribution in [-0.2, 0) is 0 Å². The second-order valence-corrected chi connectivity index (χ2v) is 25.5. The summed E-state index contributed by atoms with van der Waals surface area (Å²) in [5.74, 6) is 0. The average molecular weight is 1390 g/mol. The molecule has 0 bridgehead atoms. The highest BCUT2D eigenvalue weighted by molar-refractivity contribution is 9.10. The summed E-state index contributed by atoms with van der Waals surface area (Å²) in [6.07, 6.45) is 0. The molecule has 2 aromatic heterocycles. The molecule has 0 atom stereocenters. The van der Waals surface area contributed by atoms with Crippen molar-refractivity contribution in [1.29, 1.82) is 0 Å². The molecule has 4 nitrogen and oxygen atoms in total. The van der Waals surface area contributed by atoms with Gasteiger partial charge in [0.1, 0.15) is 22.3 Å². The van der Waals surface area contributed by atoms with Crippen molar-refractivity contribution in [3.8, 4) is 77.9 Å². The maximum Gasteiger partial charge on any atom is 0.488 e. The molecule has 0 saturated heterocycles. The molecule has 0 aliphatic carbocycles. The minimum Gasteiger partial charge on any atom is -0.455 e. The molecule has 2 N–H and O–H groups in total. The third-order valence-corrected chi connectivity index (χ3v) is 19.9. The van der Waals surface area contributed by atoms with E-state index in [0.29, 0.717) is 38.8 Å². The Kier molecular flexibility index (Phi) is 12.1. The monoisotopic (exact) mass is 1380 g/mol. The number of furan rings is 2. The van der Waals surface area contributed by atoms with Gasteiger partial charge in [-0.1, -0.05) is 351 Å². The molecule has 480 valence electrons. The number of hydrogen-bond donors (Lipinski definition) is 2. The van der Waals surface area contributed by atoms with Gasteiger partial charge in [0, 0.05) is 37.1 Å². The maximum absolute atomic E-state index is 9.43. The van der Waals surface area contributed by atoms with Crippen LogP contribution in [0.2, 0.25) is 0 Å². The fourth-order valence-electron chi connectivity index (χ4n) is 14.4. The summed E-state index contributed by atoms with van der Waals surface area (Å²) < 4.78 is 154. The summed E-state index contributed by atoms with van der Waals surface area (Å²) in [6.45, 7) is 0. The highest BCUT2D eigenvalue weighted by atomic mass is 79.9. The van der Waals surface area contributed by atoms with Crippen LogP contribution in [0.25, 0.3) is 186 Å². The smallest absolute Gasteiger partial charge is 0.455 e. The zero-order valence-electron chi connectivity index (χ0n) is 70.1. The Morgan fingerprint density at radius 1 is 0.235 bits per heavy atom. The Bertz CT molecular complexity index is 7450. The SMILES string of the molecule is OB(O)c1ccc(-c2cccc3c2oc2ccccc23)cc1.[2H]c1c([2H])c([2H])c2c(-c3ccc(-c4ccccc4)c4ccccc34)c3c([2H])c([2H])c([2H])c([2H])c3c(-c3ccc(-c4cccc5c4oc4ccccc45)cc3)c2c1[2H].[2H]c1c([2H])c([2H])c2c(-c3ccc(-c4ccccc4)c4ccccc34)c3c([2H])c([2H])c([2H])c([2H])c3c(Br)c2c1[2H]. The number of fused-ring (bicyclic) bond motifs is 12. The van der Waals surface area contributed by atoms with Gasteiger partial charge in [-0.15, -0.1) is 0 Å². The van der Waals surface area contributed by atoms with Crippen molar-refractivity contribution in [3.05, 3.63) is 368 Å². The number of hydrogen-bond acceptors (Lipinski definition) is 4. The second-order valence-electron chi connectivity index (χ2n) is 24.7. The lowest BCUT2D eigenvalue weighted by Crippen LogP contribution is -2.29. The van der Waals surface area contributed by atoms with Crippen molar-refractivity contribution in [2.24, 2.45) is 0 Å². The molecule has 20 aromatic rings. The molecular weight excluding hydrogens is 1310 g/mol. The minimum atomic E-state index is -1.45. The molecule has 0 spiro atoms. The quantitative estimate of drug-likeness (QED) is 0.118. The van der Waals surface area contributed by atoms with Crippen LogP contribution in [0.15, 0.2) is 377 Å². The molecule has 0 radical (unpaired) electrons. The molecule has 2 heterocycles. The van der Waals surface area contributed by atoms with E-state index in [9.17, 15) is 15.5 Å². The van der Waals surface area contributed by atoms with Gasteiger partial charge < -0.3 is 18.9 Å². The summed E-state index contributed by atoms with van der Waals surface area (Å²) in [7, 11) is -1.45. The van der Waals surface area contributed by atoms with Gasteiger partial charge in [-0.25, -0.2) is 0 Å². The van der Waals surface area contributed by atoms with E-state index in [1.54, 1.807) is 12.1 Å². The van der Waals surface area contributed by atoms with Gasteiger partial charge in [0.2, 0.25) is 0 Å². The van der Waals surface area contributed by atoms with Crippen molar-refractivity contribution < 1.29 is 40.8 Å². The summed E-state index contributed by atoms with van der Waals surface area (Å²) in [6, 6.07) is 80.0. The number of para-hydroxylation sites is 4. The molecule has 0 fully saturated rings. The van der Waals surface area contributed by atoms with Gasteiger partial charge in [0.15, 0.2) is 0 Å². The molecule has 0 aliphatic rings. The minimum absolute atomic E-state index is 0.171. The molecule has 0 unspecified atom stereocenters. The first kappa shape index (κ1) is 46.8. The molecular formula is C96H62BBrO4. The molecule has 6 heteroatoms. The summed E-state index contributed by atoms with van der Waals surface area (Å²) in [4.78, 5) is 0. The summed E-state index contributed by atoms with van der Waals surface area (Å²) in [5, 5.41) is 27.4. The normalized spacial score (nSPS) is 13.7. The van der Waals surface area contributed by atoms with E-state index in [-0.39, 0.29) is 95.9 Å². The first-order valence-corrected chi connectivity index (χ1v) is 33.9. The molecule has 0 amide bonds. The second kappa shape index (κ2) is 26.4. The van der Waals surface area contributed by atoms with E-state index in [2.05, 4.69) is 28.1 Å². The third kappa shape index (κ3) is 10.9. The standard InChI is InChI=1S/C48H30O.C30H19Br.C18H13BO3/c1-2-13-31(14-3-1)34-29-30-43(37-16-5-4-15-36(34)37)47-41-20-8-6-18-39(41)46(40-19-7-9-21-42(40)47)33-27-25-32(26-28-33)35-22-12-23-44-38-17-10-11-24-45(38)49-48(35)44;31-30-27-16-8-6-14-24(27)29(25-15-7-9-17-28(25)30)26-19-18-21(20-10-2-1-3-11-20)22-12-4-5-13-23(22)26;20-19(21)13-10-8-12(9-11-13)14-5-3-6-16-15-4-1-2-7-17(15)22-18(14)16/h1-30H;1-19H;1-11,20-21H/i6D,7D,8D,9D,18D,19D,20D,21D;6D,7D,8D,9D,14D,15D,16D,17D;. The van der Waals surface area contributed by atoms with E-state index in [0.717, 1.165) is 110 Å². The van der Waals surface area contributed by atoms with Crippen LogP contribution in [0.1, 0.15) is 21.9 Å². The van der Waals surface area contributed by atoms with E-state index in [1.165, 1.54) is 0 Å². The zero-order chi connectivity index (χ0) is 82.1. The Morgan fingerprint density at radius 2 is 0.529 bits per heavy atom. The van der Waals surface area contributed by atoms with Crippen molar-refractivity contribution in [3.63, 3.8) is 0 Å². The summed E-state index contributed by atoms with van der Waals surface area (Å²) >= 11 is 3.47. The third-order valence-electron chi connectivity index (χ3n) is 19.1. The fraction of sp³-hybridized carbons (Fsp3) is 0. The largest absolute Gasteiger partial charge is 0.488 e. The lowest BCUT2D eigenvalue weighted by molar-refractivity contribution is 0.426. The average Bonchev–Trinajstić information content (AvgIpc) is 0.828. The van der Waals surface area contributed by atoms with Crippen LogP contribution in [0.3, 0.4) is 0 Å². The lowest BCUT2D eigenvalue weighted by Gasteiger charge is -2.20.